The SMILES string of the molecule is [Br-].[CH2-]C[Si](C)(c1ccccc1)c1ccccc1.[Mg+2]. The summed E-state index contributed by atoms with van der Waals surface area (Å²) in [7, 11) is -1.59. The van der Waals surface area contributed by atoms with Gasteiger partial charge < -0.3 is 23.9 Å². The first-order chi connectivity index (χ1) is 7.77. The molecule has 0 spiro atoms. The number of rotatable bonds is 3. The Labute approximate surface area is 138 Å². The Kier molecular flexibility index (Phi) is 8.11. The molecule has 2 aromatic carbocycles. The van der Waals surface area contributed by atoms with Crippen molar-refractivity contribution in [3.05, 3.63) is 67.6 Å². The smallest absolute Gasteiger partial charge is 1.00 e. The van der Waals surface area contributed by atoms with Gasteiger partial charge in [0, 0.05) is 0 Å². The maximum atomic E-state index is 4.17. The van der Waals surface area contributed by atoms with Gasteiger partial charge in [0.15, 0.2) is 0 Å². The van der Waals surface area contributed by atoms with Crippen LogP contribution in [0.3, 0.4) is 0 Å². The van der Waals surface area contributed by atoms with Crippen LogP contribution in [-0.2, 0) is 0 Å². The van der Waals surface area contributed by atoms with Crippen molar-refractivity contribution in [2.45, 2.75) is 12.6 Å². The van der Waals surface area contributed by atoms with E-state index in [1.807, 2.05) is 0 Å². The van der Waals surface area contributed by atoms with Gasteiger partial charge in [0.25, 0.3) is 0 Å². The molecule has 0 unspecified atom stereocenters. The van der Waals surface area contributed by atoms with Crippen LogP contribution in [0, 0.1) is 6.92 Å². The molecule has 18 heavy (non-hydrogen) atoms. The van der Waals surface area contributed by atoms with E-state index >= 15 is 0 Å². The first-order valence-electron chi connectivity index (χ1n) is 5.67. The summed E-state index contributed by atoms with van der Waals surface area (Å²) in [4.78, 5) is 0. The van der Waals surface area contributed by atoms with Crippen LogP contribution in [0.5, 0.6) is 0 Å². The second kappa shape index (κ2) is 8.15. The molecule has 0 N–H and O–H groups in total. The molecule has 0 aliphatic carbocycles. The van der Waals surface area contributed by atoms with Gasteiger partial charge in [-0.2, -0.15) is 6.04 Å². The van der Waals surface area contributed by atoms with Crippen LogP contribution in [-0.4, -0.2) is 31.1 Å². The monoisotopic (exact) mass is 328 g/mol. The summed E-state index contributed by atoms with van der Waals surface area (Å²) >= 11 is 0. The zero-order valence-corrected chi connectivity index (χ0v) is 14.8. The van der Waals surface area contributed by atoms with E-state index in [9.17, 15) is 0 Å². The van der Waals surface area contributed by atoms with E-state index < -0.39 is 8.07 Å². The topological polar surface area (TPSA) is 0 Å². The Balaban J connectivity index is 0.00000144. The van der Waals surface area contributed by atoms with E-state index in [0.717, 1.165) is 6.04 Å². The quantitative estimate of drug-likeness (QED) is 0.518. The minimum absolute atomic E-state index is 0. The predicted molar refractivity (Wildman–Crippen MR) is 79.7 cm³/mol. The number of hydrogen-bond acceptors (Lipinski definition) is 0. The average molecular weight is 330 g/mol. The standard InChI is InChI=1S/C15H17Si.BrH.Mg/c1-3-16(2,14-10-6-4-7-11-14)15-12-8-5-9-13-15;;/h4-13H,1,3H2,2H3;1H;/q-1;;+2/p-1. The Morgan fingerprint density at radius 3 is 1.44 bits per heavy atom. The molecule has 0 nitrogen and oxygen atoms in total. The molecule has 3 heteroatoms. The second-order valence-electron chi connectivity index (χ2n) is 4.31. The third kappa shape index (κ3) is 3.70. The van der Waals surface area contributed by atoms with Crippen molar-refractivity contribution in [2.24, 2.45) is 0 Å². The molecular formula is C15H17BrMgSi. The molecule has 0 aromatic heterocycles. The van der Waals surface area contributed by atoms with Crippen LogP contribution in [0.15, 0.2) is 60.7 Å². The van der Waals surface area contributed by atoms with Crippen LogP contribution in [0.2, 0.25) is 12.6 Å². The van der Waals surface area contributed by atoms with Crippen LogP contribution < -0.4 is 27.4 Å². The first kappa shape index (κ1) is 17.9. The molecule has 0 saturated carbocycles. The summed E-state index contributed by atoms with van der Waals surface area (Å²) in [6.45, 7) is 6.57. The van der Waals surface area contributed by atoms with Crippen molar-refractivity contribution in [3.8, 4) is 0 Å². The Morgan fingerprint density at radius 1 is 0.833 bits per heavy atom. The normalized spacial score (nSPS) is 10.1. The minimum atomic E-state index is -1.59. The molecule has 0 amide bonds. The van der Waals surface area contributed by atoms with Crippen molar-refractivity contribution in [1.29, 1.82) is 0 Å². The van der Waals surface area contributed by atoms with Gasteiger partial charge in [-0.05, 0) is 0 Å². The minimum Gasteiger partial charge on any atom is -1.00 e. The summed E-state index contributed by atoms with van der Waals surface area (Å²) in [5.41, 5.74) is 0. The largest absolute Gasteiger partial charge is 2.00 e. The van der Waals surface area contributed by atoms with Crippen LogP contribution >= 0.6 is 0 Å². The Hall–Kier alpha value is -0.0969. The van der Waals surface area contributed by atoms with E-state index in [0.29, 0.717) is 0 Å². The zero-order valence-electron chi connectivity index (χ0n) is 10.8. The molecule has 0 heterocycles. The summed E-state index contributed by atoms with van der Waals surface area (Å²) in [6, 6.07) is 22.6. The molecule has 90 valence electrons. The molecule has 2 rings (SSSR count). The average Bonchev–Trinajstić information content (AvgIpc) is 2.40. The molecule has 0 atom stereocenters. The number of halogens is 1. The fraction of sp³-hybridized carbons (Fsp3) is 0.133. The zero-order chi connectivity index (χ0) is 11.4. The molecule has 0 radical (unpaired) electrons. The van der Waals surface area contributed by atoms with Crippen molar-refractivity contribution in [1.82, 2.24) is 0 Å². The molecule has 0 aliphatic rings. The van der Waals surface area contributed by atoms with Crippen molar-refractivity contribution >= 4 is 41.5 Å². The maximum Gasteiger partial charge on any atom is 2.00 e. The van der Waals surface area contributed by atoms with Crippen molar-refractivity contribution in [2.75, 3.05) is 0 Å². The number of benzene rings is 2. The summed E-state index contributed by atoms with van der Waals surface area (Å²) < 4.78 is 0. The van der Waals surface area contributed by atoms with Crippen LogP contribution in [0.1, 0.15) is 0 Å². The fourth-order valence-corrected chi connectivity index (χ4v) is 4.83. The van der Waals surface area contributed by atoms with Gasteiger partial charge in [0.05, 0.1) is 8.07 Å². The predicted octanol–water partition coefficient (Wildman–Crippen LogP) is -0.663. The molecule has 0 saturated heterocycles. The van der Waals surface area contributed by atoms with Gasteiger partial charge in [-0.1, -0.05) is 77.6 Å². The summed E-state index contributed by atoms with van der Waals surface area (Å²) in [5, 5.41) is 2.94. The number of hydrogen-bond donors (Lipinski definition) is 0. The van der Waals surface area contributed by atoms with E-state index in [-0.39, 0.29) is 40.0 Å². The summed E-state index contributed by atoms with van der Waals surface area (Å²) in [5.74, 6) is 0. The molecule has 0 bridgehead atoms. The third-order valence-electron chi connectivity index (χ3n) is 3.32. The van der Waals surface area contributed by atoms with Gasteiger partial charge in [-0.15, -0.1) is 0 Å². The maximum absolute atomic E-state index is 4.17. The van der Waals surface area contributed by atoms with Gasteiger partial charge in [-0.3, -0.25) is 0 Å². The Bertz CT molecular complexity index is 405. The van der Waals surface area contributed by atoms with Gasteiger partial charge in [-0.25, -0.2) is 0 Å². The Morgan fingerprint density at radius 2 is 1.17 bits per heavy atom. The molecule has 0 fully saturated rings. The first-order valence-corrected chi connectivity index (χ1v) is 8.38. The second-order valence-corrected chi connectivity index (χ2v) is 8.63. The van der Waals surface area contributed by atoms with E-state index in [1.165, 1.54) is 10.4 Å². The molecular weight excluding hydrogens is 312 g/mol. The summed E-state index contributed by atoms with van der Waals surface area (Å²) in [6.07, 6.45) is 0. The van der Waals surface area contributed by atoms with Crippen molar-refractivity contribution in [3.63, 3.8) is 0 Å². The van der Waals surface area contributed by atoms with Crippen LogP contribution in [0.25, 0.3) is 0 Å². The van der Waals surface area contributed by atoms with Gasteiger partial charge >= 0.3 is 23.1 Å². The van der Waals surface area contributed by atoms with Crippen molar-refractivity contribution < 1.29 is 17.0 Å². The van der Waals surface area contributed by atoms with E-state index in [4.69, 9.17) is 0 Å². The fourth-order valence-electron chi connectivity index (χ4n) is 2.07. The third-order valence-corrected chi connectivity index (χ3v) is 7.54. The van der Waals surface area contributed by atoms with E-state index in [1.54, 1.807) is 0 Å². The molecule has 2 aromatic rings. The van der Waals surface area contributed by atoms with Gasteiger partial charge in [0.2, 0.25) is 0 Å². The van der Waals surface area contributed by atoms with E-state index in [2.05, 4.69) is 74.1 Å². The van der Waals surface area contributed by atoms with Crippen LogP contribution in [0.4, 0.5) is 0 Å². The molecule has 0 aliphatic heterocycles. The van der Waals surface area contributed by atoms with Gasteiger partial charge in [0.1, 0.15) is 0 Å².